The van der Waals surface area contributed by atoms with Crippen molar-refractivity contribution >= 4 is 35.1 Å². The Hall–Kier alpha value is -2.32. The number of hydrogen-bond donors (Lipinski definition) is 3. The van der Waals surface area contributed by atoms with Crippen LogP contribution in [0.2, 0.25) is 0 Å². The lowest BCUT2D eigenvalue weighted by molar-refractivity contribution is -0.132. The van der Waals surface area contributed by atoms with Crippen LogP contribution in [0.3, 0.4) is 0 Å². The van der Waals surface area contributed by atoms with Crippen molar-refractivity contribution in [1.82, 2.24) is 5.32 Å². The van der Waals surface area contributed by atoms with Gasteiger partial charge in [0.1, 0.15) is 0 Å². The van der Waals surface area contributed by atoms with Gasteiger partial charge in [0.2, 0.25) is 0 Å². The van der Waals surface area contributed by atoms with Crippen LogP contribution >= 0.6 is 12.2 Å². The summed E-state index contributed by atoms with van der Waals surface area (Å²) in [5.74, 6) is -1.07. The standard InChI is InChI=1S/C18H22FN3O3S/c1-2-3-4-10-25-15-7-6-13(11-14(15)19)21-17(26)22-16(23)18(24)8-5-9-20-12-18/h5-9,11,24H,2-4,10,12H2,1H3,(H2,21,22,23,26). The van der Waals surface area contributed by atoms with E-state index < -0.39 is 17.3 Å². The molecular weight excluding hydrogens is 357 g/mol. The summed E-state index contributed by atoms with van der Waals surface area (Å²) in [6.07, 6.45) is 7.27. The number of nitrogens with one attached hydrogen (secondary N) is 2. The number of amides is 1. The van der Waals surface area contributed by atoms with Crippen LogP contribution < -0.4 is 15.4 Å². The highest BCUT2D eigenvalue weighted by molar-refractivity contribution is 7.80. The molecular formula is C18H22FN3O3S. The lowest BCUT2D eigenvalue weighted by atomic mass is 10.0. The molecule has 1 aromatic rings. The fourth-order valence-electron chi connectivity index (χ4n) is 2.26. The van der Waals surface area contributed by atoms with Gasteiger partial charge in [0, 0.05) is 18.0 Å². The first-order valence-corrected chi connectivity index (χ1v) is 8.80. The van der Waals surface area contributed by atoms with E-state index in [1.165, 1.54) is 30.5 Å². The first-order chi connectivity index (χ1) is 12.4. The number of aliphatic imine (C=N–C) groups is 1. The molecule has 0 spiro atoms. The van der Waals surface area contributed by atoms with Crippen LogP contribution in [-0.2, 0) is 4.79 Å². The van der Waals surface area contributed by atoms with Crippen LogP contribution in [0, 0.1) is 5.82 Å². The van der Waals surface area contributed by atoms with Crippen LogP contribution in [0.25, 0.3) is 0 Å². The number of nitrogens with zero attached hydrogens (tertiary/aromatic N) is 1. The molecule has 2 rings (SSSR count). The van der Waals surface area contributed by atoms with E-state index in [0.717, 1.165) is 19.3 Å². The van der Waals surface area contributed by atoms with Gasteiger partial charge in [0.25, 0.3) is 5.91 Å². The summed E-state index contributed by atoms with van der Waals surface area (Å²) in [5, 5.41) is 15.2. The number of unbranched alkanes of at least 4 members (excludes halogenated alkanes) is 2. The van der Waals surface area contributed by atoms with Gasteiger partial charge >= 0.3 is 0 Å². The van der Waals surface area contributed by atoms with Gasteiger partial charge in [0.05, 0.1) is 13.2 Å². The fraction of sp³-hybridized carbons (Fsp3) is 0.389. The minimum atomic E-state index is -1.75. The average molecular weight is 379 g/mol. The molecule has 26 heavy (non-hydrogen) atoms. The quantitative estimate of drug-likeness (QED) is 0.501. The molecule has 140 valence electrons. The van der Waals surface area contributed by atoms with E-state index >= 15 is 0 Å². The van der Waals surface area contributed by atoms with Crippen LogP contribution in [0.15, 0.2) is 35.3 Å². The second-order valence-electron chi connectivity index (χ2n) is 5.88. The number of dihydropyridines is 1. The third-order valence-electron chi connectivity index (χ3n) is 3.71. The summed E-state index contributed by atoms with van der Waals surface area (Å²) in [7, 11) is 0. The molecule has 1 unspecified atom stereocenters. The Kier molecular flexibility index (Phi) is 7.23. The molecule has 0 saturated heterocycles. The van der Waals surface area contributed by atoms with Crippen molar-refractivity contribution in [3.05, 3.63) is 36.2 Å². The number of ether oxygens (including phenoxy) is 1. The first-order valence-electron chi connectivity index (χ1n) is 8.39. The lowest BCUT2D eigenvalue weighted by Gasteiger charge is -2.23. The number of allylic oxidation sites excluding steroid dienone is 1. The zero-order valence-electron chi connectivity index (χ0n) is 14.5. The second-order valence-corrected chi connectivity index (χ2v) is 6.29. The highest BCUT2D eigenvalue weighted by atomic mass is 32.1. The van der Waals surface area contributed by atoms with Gasteiger partial charge in [-0.3, -0.25) is 9.79 Å². The molecule has 0 aliphatic carbocycles. The minimum Gasteiger partial charge on any atom is -0.491 e. The van der Waals surface area contributed by atoms with E-state index in [4.69, 9.17) is 17.0 Å². The van der Waals surface area contributed by atoms with Crippen LogP contribution in [0.1, 0.15) is 26.2 Å². The molecule has 0 fully saturated rings. The van der Waals surface area contributed by atoms with Crippen LogP contribution in [0.5, 0.6) is 5.75 Å². The number of carbonyl (C=O) groups is 1. The Morgan fingerprint density at radius 1 is 1.46 bits per heavy atom. The maximum atomic E-state index is 14.1. The summed E-state index contributed by atoms with van der Waals surface area (Å²) in [6, 6.07) is 4.32. The normalized spacial score (nSPS) is 18.4. The molecule has 6 nitrogen and oxygen atoms in total. The number of anilines is 1. The van der Waals surface area contributed by atoms with Crippen LogP contribution in [-0.4, -0.2) is 41.1 Å². The molecule has 3 N–H and O–H groups in total. The number of benzene rings is 1. The zero-order valence-corrected chi connectivity index (χ0v) is 15.3. The Morgan fingerprint density at radius 2 is 2.27 bits per heavy atom. The summed E-state index contributed by atoms with van der Waals surface area (Å²) < 4.78 is 19.5. The van der Waals surface area contributed by atoms with Crippen molar-refractivity contribution in [1.29, 1.82) is 0 Å². The Morgan fingerprint density at radius 3 is 2.92 bits per heavy atom. The topological polar surface area (TPSA) is 83.0 Å². The smallest absolute Gasteiger partial charge is 0.264 e. The molecule has 1 aromatic carbocycles. The van der Waals surface area contributed by atoms with E-state index in [9.17, 15) is 14.3 Å². The maximum Gasteiger partial charge on any atom is 0.264 e. The molecule has 0 bridgehead atoms. The van der Waals surface area contributed by atoms with E-state index in [0.29, 0.717) is 12.3 Å². The van der Waals surface area contributed by atoms with E-state index in [1.54, 1.807) is 6.07 Å². The van der Waals surface area contributed by atoms with Crippen molar-refractivity contribution in [2.24, 2.45) is 4.99 Å². The Labute approximate surface area is 157 Å². The SMILES string of the molecule is CCCCCOc1ccc(NC(=S)NC(=O)C2(O)C=CC=NC2)cc1F. The van der Waals surface area contributed by atoms with E-state index in [2.05, 4.69) is 22.5 Å². The Balaban J connectivity index is 1.88. The molecule has 1 amide bonds. The van der Waals surface area contributed by atoms with Gasteiger partial charge in [-0.05, 0) is 42.9 Å². The number of hydrogen-bond acceptors (Lipinski definition) is 5. The molecule has 1 aliphatic rings. The largest absolute Gasteiger partial charge is 0.491 e. The predicted octanol–water partition coefficient (Wildman–Crippen LogP) is 2.58. The number of carbonyl (C=O) groups excluding carboxylic acids is 1. The highest BCUT2D eigenvalue weighted by Crippen LogP contribution is 2.21. The molecule has 0 aromatic heterocycles. The molecule has 8 heteroatoms. The number of thiocarbonyl (C=S) groups is 1. The molecule has 0 radical (unpaired) electrons. The first kappa shape index (κ1) is 20.0. The van der Waals surface area contributed by atoms with Crippen molar-refractivity contribution in [2.45, 2.75) is 31.8 Å². The van der Waals surface area contributed by atoms with Crippen molar-refractivity contribution in [3.8, 4) is 5.75 Å². The third kappa shape index (κ3) is 5.60. The number of halogens is 1. The van der Waals surface area contributed by atoms with Crippen molar-refractivity contribution < 1.29 is 19.0 Å². The molecule has 1 atom stereocenters. The van der Waals surface area contributed by atoms with E-state index in [1.807, 2.05) is 0 Å². The minimum absolute atomic E-state index is 0.0533. The van der Waals surface area contributed by atoms with E-state index in [-0.39, 0.29) is 17.4 Å². The van der Waals surface area contributed by atoms with Crippen LogP contribution in [0.4, 0.5) is 10.1 Å². The highest BCUT2D eigenvalue weighted by Gasteiger charge is 2.34. The maximum absolute atomic E-state index is 14.1. The van der Waals surface area contributed by atoms with Gasteiger partial charge in [-0.2, -0.15) is 0 Å². The number of rotatable bonds is 7. The summed E-state index contributed by atoms with van der Waals surface area (Å²) >= 11 is 5.04. The monoisotopic (exact) mass is 379 g/mol. The lowest BCUT2D eigenvalue weighted by Crippen LogP contribution is -2.51. The molecule has 0 saturated carbocycles. The van der Waals surface area contributed by atoms with Gasteiger partial charge in [-0.1, -0.05) is 19.8 Å². The number of aliphatic hydroxyl groups is 1. The van der Waals surface area contributed by atoms with Gasteiger partial charge in [-0.15, -0.1) is 0 Å². The molecule has 1 aliphatic heterocycles. The predicted molar refractivity (Wildman–Crippen MR) is 103 cm³/mol. The third-order valence-corrected chi connectivity index (χ3v) is 3.92. The second kappa shape index (κ2) is 9.40. The summed E-state index contributed by atoms with van der Waals surface area (Å²) in [5.41, 5.74) is -1.39. The van der Waals surface area contributed by atoms with Gasteiger partial charge in [-0.25, -0.2) is 4.39 Å². The zero-order chi connectivity index (χ0) is 19.0. The van der Waals surface area contributed by atoms with Gasteiger partial charge in [0.15, 0.2) is 22.3 Å². The molecule has 1 heterocycles. The van der Waals surface area contributed by atoms with Crippen molar-refractivity contribution in [3.63, 3.8) is 0 Å². The fourth-order valence-corrected chi connectivity index (χ4v) is 2.47. The van der Waals surface area contributed by atoms with Crippen molar-refractivity contribution in [2.75, 3.05) is 18.5 Å². The summed E-state index contributed by atoms with van der Waals surface area (Å²) in [6.45, 7) is 2.45. The van der Waals surface area contributed by atoms with Gasteiger partial charge < -0.3 is 20.5 Å². The summed E-state index contributed by atoms with van der Waals surface area (Å²) in [4.78, 5) is 16.0. The average Bonchev–Trinajstić information content (AvgIpc) is 2.61. The Bertz CT molecular complexity index is 724.